The summed E-state index contributed by atoms with van der Waals surface area (Å²) in [5, 5.41) is 5.86. The Morgan fingerprint density at radius 3 is 2.57 bits per heavy atom. The summed E-state index contributed by atoms with van der Waals surface area (Å²) in [5.74, 6) is 0.952. The Morgan fingerprint density at radius 1 is 1.29 bits per heavy atom. The number of rotatable bonds is 5. The highest BCUT2D eigenvalue weighted by atomic mass is 32.1. The molecule has 0 radical (unpaired) electrons. The highest BCUT2D eigenvalue weighted by Crippen LogP contribution is 2.27. The van der Waals surface area contributed by atoms with E-state index in [2.05, 4.69) is 10.3 Å². The van der Waals surface area contributed by atoms with Crippen molar-refractivity contribution in [2.24, 2.45) is 0 Å². The van der Waals surface area contributed by atoms with Gasteiger partial charge in [0.05, 0.1) is 31.0 Å². The predicted molar refractivity (Wildman–Crippen MR) is 82.3 cm³/mol. The minimum absolute atomic E-state index is 0.143. The van der Waals surface area contributed by atoms with Crippen molar-refractivity contribution in [3.05, 3.63) is 39.8 Å². The first-order chi connectivity index (χ1) is 10.0. The first-order valence-electron chi connectivity index (χ1n) is 6.50. The summed E-state index contributed by atoms with van der Waals surface area (Å²) in [4.78, 5) is 16.6. The van der Waals surface area contributed by atoms with Gasteiger partial charge in [0.25, 0.3) is 5.91 Å². The van der Waals surface area contributed by atoms with Gasteiger partial charge in [0.15, 0.2) is 11.5 Å². The van der Waals surface area contributed by atoms with E-state index in [1.807, 2.05) is 19.2 Å². The van der Waals surface area contributed by atoms with Gasteiger partial charge in [-0.15, -0.1) is 11.3 Å². The monoisotopic (exact) mass is 306 g/mol. The van der Waals surface area contributed by atoms with E-state index in [1.54, 1.807) is 43.8 Å². The number of carbonyl (C=O) groups excluding carboxylic acids is 1. The lowest BCUT2D eigenvalue weighted by atomic mass is 10.1. The van der Waals surface area contributed by atoms with Crippen LogP contribution in [0.2, 0.25) is 0 Å². The van der Waals surface area contributed by atoms with Crippen LogP contribution in [0.15, 0.2) is 23.6 Å². The Labute approximate surface area is 127 Å². The largest absolute Gasteiger partial charge is 0.493 e. The van der Waals surface area contributed by atoms with E-state index in [4.69, 9.17) is 9.47 Å². The molecule has 0 bridgehead atoms. The average molecular weight is 306 g/mol. The number of hydrogen-bond donors (Lipinski definition) is 1. The van der Waals surface area contributed by atoms with Gasteiger partial charge < -0.3 is 14.8 Å². The number of ether oxygens (including phenoxy) is 2. The number of thiazole rings is 1. The molecule has 1 atom stereocenters. The van der Waals surface area contributed by atoms with E-state index in [1.165, 1.54) is 0 Å². The molecule has 1 aromatic heterocycles. The fourth-order valence-corrected chi connectivity index (χ4v) is 2.62. The highest BCUT2D eigenvalue weighted by molar-refractivity contribution is 7.09. The quantitative estimate of drug-likeness (QED) is 0.922. The molecule has 0 aliphatic carbocycles. The van der Waals surface area contributed by atoms with Gasteiger partial charge in [-0.05, 0) is 32.0 Å². The first-order valence-corrected chi connectivity index (χ1v) is 7.38. The van der Waals surface area contributed by atoms with Crippen LogP contribution in [0.1, 0.15) is 34.0 Å². The molecule has 1 N–H and O–H groups in total. The van der Waals surface area contributed by atoms with Gasteiger partial charge in [-0.2, -0.15) is 0 Å². The number of nitrogens with one attached hydrogen (secondary N) is 1. The SMILES string of the molecule is COc1ccc(C(=O)NC(C)c2csc(C)n2)cc1OC. The van der Waals surface area contributed by atoms with Crippen LogP contribution in [-0.4, -0.2) is 25.1 Å². The molecule has 1 unspecified atom stereocenters. The second-order valence-corrected chi connectivity index (χ2v) is 5.62. The molecule has 1 heterocycles. The average Bonchev–Trinajstić information content (AvgIpc) is 2.93. The van der Waals surface area contributed by atoms with Crippen LogP contribution in [0.4, 0.5) is 0 Å². The van der Waals surface area contributed by atoms with Crippen LogP contribution in [0.5, 0.6) is 11.5 Å². The molecule has 0 spiro atoms. The van der Waals surface area contributed by atoms with Crippen LogP contribution in [0.25, 0.3) is 0 Å². The maximum atomic E-state index is 12.3. The Morgan fingerprint density at radius 2 is 2.00 bits per heavy atom. The summed E-state index contributed by atoms with van der Waals surface area (Å²) < 4.78 is 10.4. The Balaban J connectivity index is 2.13. The van der Waals surface area contributed by atoms with Crippen LogP contribution >= 0.6 is 11.3 Å². The summed E-state index contributed by atoms with van der Waals surface area (Å²) in [6.45, 7) is 3.85. The fourth-order valence-electron chi connectivity index (χ4n) is 1.91. The number of nitrogens with zero attached hydrogens (tertiary/aromatic N) is 1. The van der Waals surface area contributed by atoms with E-state index in [0.717, 1.165) is 10.7 Å². The van der Waals surface area contributed by atoms with Gasteiger partial charge in [-0.3, -0.25) is 4.79 Å². The summed E-state index contributed by atoms with van der Waals surface area (Å²) in [5.41, 5.74) is 1.39. The van der Waals surface area contributed by atoms with Crippen LogP contribution < -0.4 is 14.8 Å². The van der Waals surface area contributed by atoms with Crippen molar-refractivity contribution in [2.75, 3.05) is 14.2 Å². The maximum Gasteiger partial charge on any atom is 0.251 e. The van der Waals surface area contributed by atoms with Gasteiger partial charge in [-0.25, -0.2) is 4.98 Å². The van der Waals surface area contributed by atoms with E-state index in [0.29, 0.717) is 17.1 Å². The smallest absolute Gasteiger partial charge is 0.251 e. The minimum Gasteiger partial charge on any atom is -0.493 e. The Hall–Kier alpha value is -2.08. The molecule has 2 aromatic rings. The second kappa shape index (κ2) is 6.58. The first kappa shape index (κ1) is 15.3. The van der Waals surface area contributed by atoms with E-state index in [-0.39, 0.29) is 11.9 Å². The molecule has 0 aliphatic heterocycles. The zero-order chi connectivity index (χ0) is 15.4. The summed E-state index contributed by atoms with van der Waals surface area (Å²) in [6.07, 6.45) is 0. The summed E-state index contributed by atoms with van der Waals surface area (Å²) >= 11 is 1.57. The van der Waals surface area contributed by atoms with Crippen LogP contribution in [0, 0.1) is 6.92 Å². The molecular formula is C15H18N2O3S. The maximum absolute atomic E-state index is 12.3. The van der Waals surface area contributed by atoms with Gasteiger partial charge in [0, 0.05) is 10.9 Å². The van der Waals surface area contributed by atoms with Crippen molar-refractivity contribution in [3.63, 3.8) is 0 Å². The normalized spacial score (nSPS) is 11.8. The number of aryl methyl sites for hydroxylation is 1. The standard InChI is InChI=1S/C15H18N2O3S/c1-9(12-8-21-10(2)17-12)16-15(18)11-5-6-13(19-3)14(7-11)20-4/h5-9H,1-4H3,(H,16,18). The minimum atomic E-state index is -0.172. The lowest BCUT2D eigenvalue weighted by molar-refractivity contribution is 0.0939. The topological polar surface area (TPSA) is 60.5 Å². The van der Waals surface area contributed by atoms with Gasteiger partial charge >= 0.3 is 0 Å². The third-order valence-corrected chi connectivity index (χ3v) is 3.87. The van der Waals surface area contributed by atoms with Crippen molar-refractivity contribution in [2.45, 2.75) is 19.9 Å². The van der Waals surface area contributed by atoms with Crippen molar-refractivity contribution < 1.29 is 14.3 Å². The van der Waals surface area contributed by atoms with Crippen molar-refractivity contribution in [1.82, 2.24) is 10.3 Å². The number of hydrogen-bond acceptors (Lipinski definition) is 5. The van der Waals surface area contributed by atoms with Gasteiger partial charge in [-0.1, -0.05) is 0 Å². The molecule has 1 amide bonds. The van der Waals surface area contributed by atoms with Crippen LogP contribution in [0.3, 0.4) is 0 Å². The molecule has 2 rings (SSSR count). The number of amides is 1. The highest BCUT2D eigenvalue weighted by Gasteiger charge is 2.15. The zero-order valence-corrected chi connectivity index (χ0v) is 13.3. The number of methoxy groups -OCH3 is 2. The molecular weight excluding hydrogens is 288 g/mol. The number of aromatic nitrogens is 1. The molecule has 6 heteroatoms. The molecule has 0 aliphatic rings. The number of benzene rings is 1. The van der Waals surface area contributed by atoms with E-state index in [9.17, 15) is 4.79 Å². The molecule has 5 nitrogen and oxygen atoms in total. The summed E-state index contributed by atoms with van der Waals surface area (Å²) in [7, 11) is 3.10. The molecule has 0 saturated heterocycles. The summed E-state index contributed by atoms with van der Waals surface area (Å²) in [6, 6.07) is 4.93. The molecule has 112 valence electrons. The lowest BCUT2D eigenvalue weighted by Crippen LogP contribution is -2.26. The van der Waals surface area contributed by atoms with E-state index < -0.39 is 0 Å². The Bertz CT molecular complexity index is 640. The molecule has 0 fully saturated rings. The van der Waals surface area contributed by atoms with Crippen molar-refractivity contribution in [1.29, 1.82) is 0 Å². The molecule has 21 heavy (non-hydrogen) atoms. The van der Waals surface area contributed by atoms with Crippen molar-refractivity contribution >= 4 is 17.2 Å². The number of carbonyl (C=O) groups is 1. The zero-order valence-electron chi connectivity index (χ0n) is 12.5. The fraction of sp³-hybridized carbons (Fsp3) is 0.333. The predicted octanol–water partition coefficient (Wildman–Crippen LogP) is 2.96. The third-order valence-electron chi connectivity index (χ3n) is 3.07. The van der Waals surface area contributed by atoms with Gasteiger partial charge in [0.1, 0.15) is 0 Å². The van der Waals surface area contributed by atoms with Crippen LogP contribution in [-0.2, 0) is 0 Å². The van der Waals surface area contributed by atoms with E-state index >= 15 is 0 Å². The Kier molecular flexibility index (Phi) is 4.80. The molecule has 1 aromatic carbocycles. The second-order valence-electron chi connectivity index (χ2n) is 4.56. The van der Waals surface area contributed by atoms with Crippen molar-refractivity contribution in [3.8, 4) is 11.5 Å². The lowest BCUT2D eigenvalue weighted by Gasteiger charge is -2.13. The van der Waals surface area contributed by atoms with Gasteiger partial charge in [0.2, 0.25) is 0 Å². The molecule has 0 saturated carbocycles. The third kappa shape index (κ3) is 3.52.